The van der Waals surface area contributed by atoms with E-state index in [2.05, 4.69) is 15.3 Å². The second-order valence-corrected chi connectivity index (χ2v) is 3.77. The summed E-state index contributed by atoms with van der Waals surface area (Å²) in [4.78, 5) is 18.4. The molecule has 0 aliphatic rings. The maximum Gasteiger partial charge on any atom is 0.335 e. The Balaban J connectivity index is 2.31. The molecule has 2 heterocycles. The number of rotatable bonds is 3. The van der Waals surface area contributed by atoms with Gasteiger partial charge in [0.05, 0.1) is 23.6 Å². The highest BCUT2D eigenvalue weighted by Crippen LogP contribution is 2.19. The summed E-state index contributed by atoms with van der Waals surface area (Å²) in [5, 5.41) is 11.6. The first-order valence-electron chi connectivity index (χ1n) is 4.83. The van der Waals surface area contributed by atoms with Crippen molar-refractivity contribution < 1.29 is 14.3 Å². The highest BCUT2D eigenvalue weighted by molar-refractivity contribution is 6.29. The number of aromatic carboxylic acids is 1. The van der Waals surface area contributed by atoms with Crippen molar-refractivity contribution in [3.8, 4) is 0 Å². The van der Waals surface area contributed by atoms with Crippen molar-refractivity contribution in [3.05, 3.63) is 47.1 Å². The van der Waals surface area contributed by atoms with Crippen LogP contribution in [0.15, 0.2) is 30.6 Å². The van der Waals surface area contributed by atoms with E-state index in [1.165, 1.54) is 24.4 Å². The van der Waals surface area contributed by atoms with Crippen LogP contribution in [0.4, 0.5) is 15.9 Å². The summed E-state index contributed by atoms with van der Waals surface area (Å²) in [7, 11) is 0. The monoisotopic (exact) mass is 267 g/mol. The average Bonchev–Trinajstić information content (AvgIpc) is 2.28. The molecule has 2 rings (SSSR count). The van der Waals surface area contributed by atoms with Crippen LogP contribution in [0.1, 0.15) is 10.4 Å². The number of hydrogen-bond acceptors (Lipinski definition) is 4. The number of carboxylic acids is 1. The number of carbonyl (C=O) groups is 1. The van der Waals surface area contributed by atoms with Gasteiger partial charge in [-0.2, -0.15) is 0 Å². The lowest BCUT2D eigenvalue weighted by molar-refractivity contribution is 0.0697. The maximum atomic E-state index is 12.9. The molecule has 0 atom stereocenters. The molecule has 18 heavy (non-hydrogen) atoms. The lowest BCUT2D eigenvalue weighted by atomic mass is 10.2. The molecule has 0 spiro atoms. The van der Waals surface area contributed by atoms with Crippen LogP contribution in [-0.2, 0) is 0 Å². The van der Waals surface area contributed by atoms with Crippen LogP contribution >= 0.6 is 11.6 Å². The molecule has 92 valence electrons. The van der Waals surface area contributed by atoms with Gasteiger partial charge in [0.15, 0.2) is 0 Å². The molecule has 0 fully saturated rings. The molecule has 0 unspecified atom stereocenters. The molecule has 0 aliphatic heterocycles. The summed E-state index contributed by atoms with van der Waals surface area (Å²) in [5.74, 6) is -1.44. The third kappa shape index (κ3) is 2.92. The zero-order chi connectivity index (χ0) is 13.1. The highest BCUT2D eigenvalue weighted by atomic mass is 35.5. The van der Waals surface area contributed by atoms with Crippen molar-refractivity contribution in [2.75, 3.05) is 5.32 Å². The second kappa shape index (κ2) is 4.97. The molecular weight excluding hydrogens is 261 g/mol. The van der Waals surface area contributed by atoms with Crippen molar-refractivity contribution in [2.24, 2.45) is 0 Å². The maximum absolute atomic E-state index is 12.9. The van der Waals surface area contributed by atoms with Crippen molar-refractivity contribution >= 4 is 29.1 Å². The number of aromatic nitrogens is 2. The Hall–Kier alpha value is -2.21. The summed E-state index contributed by atoms with van der Waals surface area (Å²) >= 11 is 5.69. The number of nitrogens with zero attached hydrogens (tertiary/aromatic N) is 2. The largest absolute Gasteiger partial charge is 0.478 e. The fraction of sp³-hybridized carbons (Fsp3) is 0. The molecule has 5 nitrogen and oxygen atoms in total. The van der Waals surface area contributed by atoms with Gasteiger partial charge in [0.2, 0.25) is 0 Å². The third-order valence-electron chi connectivity index (χ3n) is 2.02. The molecule has 7 heteroatoms. The van der Waals surface area contributed by atoms with Gasteiger partial charge in [-0.3, -0.25) is 4.98 Å². The van der Waals surface area contributed by atoms with E-state index >= 15 is 0 Å². The van der Waals surface area contributed by atoms with Gasteiger partial charge >= 0.3 is 5.97 Å². The molecule has 0 aromatic carbocycles. The Kier molecular flexibility index (Phi) is 3.38. The van der Waals surface area contributed by atoms with Gasteiger partial charge < -0.3 is 10.4 Å². The van der Waals surface area contributed by atoms with E-state index in [1.54, 1.807) is 0 Å². The van der Waals surface area contributed by atoms with Crippen molar-refractivity contribution in [2.45, 2.75) is 0 Å². The van der Waals surface area contributed by atoms with Gasteiger partial charge in [-0.25, -0.2) is 14.2 Å². The van der Waals surface area contributed by atoms with Gasteiger partial charge in [0.25, 0.3) is 0 Å². The molecule has 0 radical (unpaired) electrons. The van der Waals surface area contributed by atoms with Crippen LogP contribution in [0.25, 0.3) is 0 Å². The predicted molar refractivity (Wildman–Crippen MR) is 63.7 cm³/mol. The molecular formula is C11H7ClFN3O2. The van der Waals surface area contributed by atoms with E-state index in [-0.39, 0.29) is 16.5 Å². The Morgan fingerprint density at radius 3 is 2.78 bits per heavy atom. The van der Waals surface area contributed by atoms with Crippen molar-refractivity contribution in [1.29, 1.82) is 0 Å². The lowest BCUT2D eigenvalue weighted by Gasteiger charge is -2.06. The summed E-state index contributed by atoms with van der Waals surface area (Å²) in [6, 6.07) is 3.72. The minimum absolute atomic E-state index is 0.0122. The fourth-order valence-corrected chi connectivity index (χ4v) is 1.52. The van der Waals surface area contributed by atoms with E-state index < -0.39 is 11.8 Å². The SMILES string of the molecule is O=C(O)c1cc(Cl)nc(Nc2cncc(F)c2)c1. The van der Waals surface area contributed by atoms with Crippen LogP contribution in [0.2, 0.25) is 5.15 Å². The molecule has 0 bridgehead atoms. The summed E-state index contributed by atoms with van der Waals surface area (Å²) < 4.78 is 12.9. The minimum Gasteiger partial charge on any atom is -0.478 e. The van der Waals surface area contributed by atoms with Crippen LogP contribution in [0.3, 0.4) is 0 Å². The number of nitrogens with one attached hydrogen (secondary N) is 1. The first kappa shape index (κ1) is 12.3. The molecule has 0 saturated carbocycles. The van der Waals surface area contributed by atoms with Crippen LogP contribution < -0.4 is 5.32 Å². The third-order valence-corrected chi connectivity index (χ3v) is 2.21. The van der Waals surface area contributed by atoms with Crippen molar-refractivity contribution in [3.63, 3.8) is 0 Å². The van der Waals surface area contributed by atoms with Crippen LogP contribution in [0.5, 0.6) is 0 Å². The Bertz CT molecular complexity index is 607. The number of anilines is 2. The fourth-order valence-electron chi connectivity index (χ4n) is 1.31. The van der Waals surface area contributed by atoms with Gasteiger partial charge in [0.1, 0.15) is 16.8 Å². The zero-order valence-corrected chi connectivity index (χ0v) is 9.65. The van der Waals surface area contributed by atoms with Crippen LogP contribution in [0, 0.1) is 5.82 Å². The highest BCUT2D eigenvalue weighted by Gasteiger charge is 2.08. The summed E-state index contributed by atoms with van der Waals surface area (Å²) in [6.07, 6.45) is 2.44. The lowest BCUT2D eigenvalue weighted by Crippen LogP contribution is -2.01. The minimum atomic E-state index is -1.13. The van der Waals surface area contributed by atoms with Gasteiger partial charge in [-0.1, -0.05) is 11.6 Å². The smallest absolute Gasteiger partial charge is 0.335 e. The van der Waals surface area contributed by atoms with Crippen LogP contribution in [-0.4, -0.2) is 21.0 Å². The van der Waals surface area contributed by atoms with E-state index in [1.807, 2.05) is 0 Å². The quantitative estimate of drug-likeness (QED) is 0.836. The van der Waals surface area contributed by atoms with Gasteiger partial charge in [-0.05, 0) is 12.1 Å². The Morgan fingerprint density at radius 2 is 2.11 bits per heavy atom. The number of pyridine rings is 2. The normalized spacial score (nSPS) is 10.1. The Labute approximate surface area is 106 Å². The van der Waals surface area contributed by atoms with E-state index in [0.717, 1.165) is 6.20 Å². The molecule has 0 amide bonds. The van der Waals surface area contributed by atoms with Crippen molar-refractivity contribution in [1.82, 2.24) is 9.97 Å². The van der Waals surface area contributed by atoms with Gasteiger partial charge in [-0.15, -0.1) is 0 Å². The molecule has 2 aromatic heterocycles. The molecule has 0 aliphatic carbocycles. The van der Waals surface area contributed by atoms with E-state index in [0.29, 0.717) is 5.69 Å². The van der Waals surface area contributed by atoms with E-state index in [4.69, 9.17) is 16.7 Å². The number of carboxylic acid groups (broad SMARTS) is 1. The zero-order valence-electron chi connectivity index (χ0n) is 8.89. The second-order valence-electron chi connectivity index (χ2n) is 3.39. The number of halogens is 2. The summed E-state index contributed by atoms with van der Waals surface area (Å²) in [5.41, 5.74) is 0.336. The average molecular weight is 268 g/mol. The predicted octanol–water partition coefficient (Wildman–Crippen LogP) is 2.71. The molecule has 2 aromatic rings. The standard InChI is InChI=1S/C11H7ClFN3O2/c12-9-1-6(11(17)18)2-10(16-9)15-8-3-7(13)4-14-5-8/h1-5H,(H,15,16)(H,17,18). The van der Waals surface area contributed by atoms with E-state index in [9.17, 15) is 9.18 Å². The molecule has 2 N–H and O–H groups in total. The number of hydrogen-bond donors (Lipinski definition) is 2. The Morgan fingerprint density at radius 1 is 1.33 bits per heavy atom. The topological polar surface area (TPSA) is 75.1 Å². The first-order chi connectivity index (χ1) is 8.54. The summed E-state index contributed by atoms with van der Waals surface area (Å²) in [6.45, 7) is 0. The molecule has 0 saturated heterocycles. The first-order valence-corrected chi connectivity index (χ1v) is 5.21. The van der Waals surface area contributed by atoms with Gasteiger partial charge in [0, 0.05) is 6.07 Å².